The van der Waals surface area contributed by atoms with Crippen molar-refractivity contribution in [2.45, 2.75) is 33.4 Å². The van der Waals surface area contributed by atoms with Crippen molar-refractivity contribution in [2.24, 2.45) is 5.92 Å². The number of ether oxygens (including phenoxy) is 1. The summed E-state index contributed by atoms with van der Waals surface area (Å²) in [6.45, 7) is 6.17. The quantitative estimate of drug-likeness (QED) is 0.619. The fourth-order valence-electron chi connectivity index (χ4n) is 3.36. The summed E-state index contributed by atoms with van der Waals surface area (Å²) in [6.07, 6.45) is 0. The molecular formula is C25H28N2O3. The van der Waals surface area contributed by atoms with Gasteiger partial charge in [-0.3, -0.25) is 9.59 Å². The van der Waals surface area contributed by atoms with Gasteiger partial charge in [-0.2, -0.15) is 0 Å². The molecule has 0 saturated heterocycles. The van der Waals surface area contributed by atoms with Gasteiger partial charge in [-0.05, 0) is 59.5 Å². The fraction of sp³-hybridized carbons (Fsp3) is 0.280. The summed E-state index contributed by atoms with van der Waals surface area (Å²) in [5.41, 5.74) is 2.55. The normalized spacial score (nSPS) is 11.9. The highest BCUT2D eigenvalue weighted by atomic mass is 16.5. The maximum absolute atomic E-state index is 12.8. The van der Waals surface area contributed by atoms with Crippen molar-refractivity contribution in [3.8, 4) is 5.75 Å². The van der Waals surface area contributed by atoms with Crippen molar-refractivity contribution in [3.63, 3.8) is 0 Å². The summed E-state index contributed by atoms with van der Waals surface area (Å²) in [4.78, 5) is 25.4. The van der Waals surface area contributed by atoms with E-state index in [4.69, 9.17) is 4.74 Å². The van der Waals surface area contributed by atoms with Crippen molar-refractivity contribution >= 4 is 22.6 Å². The summed E-state index contributed by atoms with van der Waals surface area (Å²) in [7, 11) is 1.65. The first-order chi connectivity index (χ1) is 14.4. The van der Waals surface area contributed by atoms with Crippen LogP contribution in [0.4, 0.5) is 0 Å². The van der Waals surface area contributed by atoms with Crippen LogP contribution in [0.3, 0.4) is 0 Å². The van der Waals surface area contributed by atoms with Crippen LogP contribution in [0.2, 0.25) is 0 Å². The number of benzene rings is 3. The molecule has 156 valence electrons. The zero-order chi connectivity index (χ0) is 21.7. The van der Waals surface area contributed by atoms with Crippen LogP contribution in [-0.4, -0.2) is 25.0 Å². The van der Waals surface area contributed by atoms with Gasteiger partial charge < -0.3 is 15.4 Å². The van der Waals surface area contributed by atoms with Gasteiger partial charge >= 0.3 is 0 Å². The van der Waals surface area contributed by atoms with E-state index in [-0.39, 0.29) is 17.7 Å². The average Bonchev–Trinajstić information content (AvgIpc) is 2.74. The maximum Gasteiger partial charge on any atom is 0.251 e. The van der Waals surface area contributed by atoms with E-state index in [1.165, 1.54) is 0 Å². The van der Waals surface area contributed by atoms with Crippen LogP contribution >= 0.6 is 0 Å². The molecule has 0 aliphatic heterocycles. The lowest BCUT2D eigenvalue weighted by atomic mass is 10.0. The minimum absolute atomic E-state index is 0.0390. The molecule has 3 aromatic rings. The molecule has 2 amide bonds. The first kappa shape index (κ1) is 21.4. The highest BCUT2D eigenvalue weighted by molar-refractivity contribution is 5.97. The molecule has 1 atom stereocenters. The Kier molecular flexibility index (Phi) is 6.72. The second kappa shape index (κ2) is 9.44. The number of fused-ring (bicyclic) bond motifs is 1. The molecule has 5 heteroatoms. The second-order valence-electron chi connectivity index (χ2n) is 7.83. The number of carbonyl (C=O) groups is 2. The molecule has 30 heavy (non-hydrogen) atoms. The zero-order valence-electron chi connectivity index (χ0n) is 17.9. The van der Waals surface area contributed by atoms with Gasteiger partial charge in [-0.1, -0.05) is 49.7 Å². The monoisotopic (exact) mass is 404 g/mol. The van der Waals surface area contributed by atoms with Crippen LogP contribution in [0, 0.1) is 12.8 Å². The number of nitrogens with one attached hydrogen (secondary N) is 2. The molecule has 0 unspecified atom stereocenters. The number of hydrogen-bond acceptors (Lipinski definition) is 3. The van der Waals surface area contributed by atoms with E-state index < -0.39 is 6.04 Å². The Balaban J connectivity index is 1.66. The third-order valence-electron chi connectivity index (χ3n) is 5.09. The van der Waals surface area contributed by atoms with E-state index in [0.717, 1.165) is 27.6 Å². The average molecular weight is 405 g/mol. The minimum Gasteiger partial charge on any atom is -0.497 e. The second-order valence-corrected chi connectivity index (χ2v) is 7.83. The van der Waals surface area contributed by atoms with Crippen LogP contribution in [0.25, 0.3) is 10.8 Å². The van der Waals surface area contributed by atoms with E-state index in [1.807, 2.05) is 75.4 Å². The number of aryl methyl sites for hydroxylation is 1. The van der Waals surface area contributed by atoms with E-state index in [9.17, 15) is 9.59 Å². The minimum atomic E-state index is -0.609. The van der Waals surface area contributed by atoms with E-state index >= 15 is 0 Å². The third kappa shape index (κ3) is 5.17. The highest BCUT2D eigenvalue weighted by Crippen LogP contribution is 2.22. The molecule has 0 bridgehead atoms. The summed E-state index contributed by atoms with van der Waals surface area (Å²) in [6, 6.07) is 18.7. The Morgan fingerprint density at radius 1 is 0.967 bits per heavy atom. The molecule has 3 rings (SSSR count). The van der Waals surface area contributed by atoms with Gasteiger partial charge in [-0.25, -0.2) is 0 Å². The molecule has 0 radical (unpaired) electrons. The van der Waals surface area contributed by atoms with Crippen LogP contribution in [0.1, 0.15) is 35.3 Å². The smallest absolute Gasteiger partial charge is 0.251 e. The highest BCUT2D eigenvalue weighted by Gasteiger charge is 2.24. The van der Waals surface area contributed by atoms with Crippen LogP contribution < -0.4 is 15.4 Å². The molecule has 0 heterocycles. The van der Waals surface area contributed by atoms with E-state index in [0.29, 0.717) is 12.1 Å². The molecule has 0 aromatic heterocycles. The number of carbonyl (C=O) groups excluding carboxylic acids is 2. The van der Waals surface area contributed by atoms with Gasteiger partial charge in [0, 0.05) is 12.1 Å². The molecule has 0 aliphatic rings. The van der Waals surface area contributed by atoms with Crippen molar-refractivity contribution in [2.75, 3.05) is 7.11 Å². The maximum atomic E-state index is 12.8. The Morgan fingerprint density at radius 3 is 2.40 bits per heavy atom. The topological polar surface area (TPSA) is 67.4 Å². The van der Waals surface area contributed by atoms with Gasteiger partial charge in [0.25, 0.3) is 5.91 Å². The lowest BCUT2D eigenvalue weighted by molar-refractivity contribution is -0.124. The molecule has 0 spiro atoms. The first-order valence-corrected chi connectivity index (χ1v) is 10.1. The zero-order valence-corrected chi connectivity index (χ0v) is 17.9. The van der Waals surface area contributed by atoms with E-state index in [1.54, 1.807) is 13.2 Å². The van der Waals surface area contributed by atoms with Crippen molar-refractivity contribution < 1.29 is 14.3 Å². The molecule has 5 nitrogen and oxygen atoms in total. The van der Waals surface area contributed by atoms with Gasteiger partial charge in [-0.15, -0.1) is 0 Å². The van der Waals surface area contributed by atoms with Crippen LogP contribution in [0.15, 0.2) is 60.7 Å². The largest absolute Gasteiger partial charge is 0.497 e. The molecule has 0 fully saturated rings. The molecule has 0 saturated carbocycles. The standard InChI is InChI=1S/C25H28N2O3/c1-16(2)23(27-24(28)21-7-5-6-17(3)12-21)25(29)26-15-18-8-9-20-14-22(30-4)11-10-19(20)13-18/h5-14,16,23H,15H2,1-4H3,(H,26,29)(H,27,28)/t23-/m1/s1. The molecule has 2 N–H and O–H groups in total. The summed E-state index contributed by atoms with van der Waals surface area (Å²) >= 11 is 0. The number of hydrogen-bond donors (Lipinski definition) is 2. The predicted octanol–water partition coefficient (Wildman–Crippen LogP) is 4.23. The number of amides is 2. The van der Waals surface area contributed by atoms with Gasteiger partial charge in [0.1, 0.15) is 11.8 Å². The van der Waals surface area contributed by atoms with E-state index in [2.05, 4.69) is 10.6 Å². The van der Waals surface area contributed by atoms with Crippen molar-refractivity contribution in [3.05, 3.63) is 77.4 Å². The van der Waals surface area contributed by atoms with Crippen molar-refractivity contribution in [1.29, 1.82) is 0 Å². The Hall–Kier alpha value is -3.34. The van der Waals surface area contributed by atoms with Crippen LogP contribution in [-0.2, 0) is 11.3 Å². The first-order valence-electron chi connectivity index (χ1n) is 10.1. The molecule has 3 aromatic carbocycles. The van der Waals surface area contributed by atoms with Gasteiger partial charge in [0.05, 0.1) is 7.11 Å². The van der Waals surface area contributed by atoms with Gasteiger partial charge in [0.2, 0.25) is 5.91 Å². The Bertz CT molecular complexity index is 1060. The summed E-state index contributed by atoms with van der Waals surface area (Å²) < 4.78 is 5.26. The third-order valence-corrected chi connectivity index (χ3v) is 5.09. The lowest BCUT2D eigenvalue weighted by Gasteiger charge is -2.22. The van der Waals surface area contributed by atoms with Crippen molar-refractivity contribution in [1.82, 2.24) is 10.6 Å². The summed E-state index contributed by atoms with van der Waals surface area (Å²) in [5.74, 6) is 0.337. The molecular weight excluding hydrogens is 376 g/mol. The SMILES string of the molecule is COc1ccc2cc(CNC(=O)[C@H](NC(=O)c3cccc(C)c3)C(C)C)ccc2c1. The van der Waals surface area contributed by atoms with Gasteiger partial charge in [0.15, 0.2) is 0 Å². The Morgan fingerprint density at radius 2 is 1.70 bits per heavy atom. The molecule has 0 aliphatic carbocycles. The predicted molar refractivity (Wildman–Crippen MR) is 120 cm³/mol. The summed E-state index contributed by atoms with van der Waals surface area (Å²) in [5, 5.41) is 7.99. The Labute approximate surface area is 177 Å². The van der Waals surface area contributed by atoms with Crippen LogP contribution in [0.5, 0.6) is 5.75 Å². The lowest BCUT2D eigenvalue weighted by Crippen LogP contribution is -2.49. The fourth-order valence-corrected chi connectivity index (χ4v) is 3.36. The number of methoxy groups -OCH3 is 1. The number of rotatable bonds is 7.